The first-order chi connectivity index (χ1) is 12.7. The van der Waals surface area contributed by atoms with E-state index in [1.807, 2.05) is 0 Å². The van der Waals surface area contributed by atoms with E-state index in [-0.39, 0.29) is 22.8 Å². The molecule has 12 heteroatoms. The lowest BCUT2D eigenvalue weighted by molar-refractivity contribution is -0.384. The lowest BCUT2D eigenvalue weighted by Crippen LogP contribution is -2.19. The molecule has 0 aliphatic heterocycles. The summed E-state index contributed by atoms with van der Waals surface area (Å²) in [4.78, 5) is 20.3. The molecule has 0 aliphatic carbocycles. The number of nitro benzene ring substituents is 2. The molecule has 2 aromatic carbocycles. The molecule has 0 spiro atoms. The largest absolute Gasteiger partial charge is 0.387 e. The zero-order valence-corrected chi connectivity index (χ0v) is 14.8. The van der Waals surface area contributed by atoms with Crippen LogP contribution >= 0.6 is 0 Å². The molecule has 27 heavy (non-hydrogen) atoms. The predicted octanol–water partition coefficient (Wildman–Crippen LogP) is 1.56. The quantitative estimate of drug-likeness (QED) is 0.446. The molecule has 0 amide bonds. The molecule has 1 atom stereocenters. The van der Waals surface area contributed by atoms with Gasteiger partial charge in [-0.2, -0.15) is 0 Å². The van der Waals surface area contributed by atoms with E-state index in [1.54, 1.807) is 0 Å². The average molecular weight is 396 g/mol. The van der Waals surface area contributed by atoms with Crippen LogP contribution < -0.4 is 10.0 Å². The number of nitrogens with one attached hydrogen (secondary N) is 2. The van der Waals surface area contributed by atoms with E-state index in [4.69, 9.17) is 0 Å². The van der Waals surface area contributed by atoms with Crippen molar-refractivity contribution in [3.05, 3.63) is 68.3 Å². The number of benzene rings is 2. The zero-order valence-electron chi connectivity index (χ0n) is 14.0. The second-order valence-corrected chi connectivity index (χ2v) is 7.28. The molecule has 0 fully saturated rings. The molecule has 0 saturated carbocycles. The van der Waals surface area contributed by atoms with Gasteiger partial charge < -0.3 is 10.4 Å². The lowest BCUT2D eigenvalue weighted by atomic mass is 10.1. The highest BCUT2D eigenvalue weighted by Gasteiger charge is 2.21. The summed E-state index contributed by atoms with van der Waals surface area (Å²) in [7, 11) is -2.65. The van der Waals surface area contributed by atoms with Crippen molar-refractivity contribution in [1.82, 2.24) is 4.72 Å². The van der Waals surface area contributed by atoms with Crippen molar-refractivity contribution in [3.8, 4) is 0 Å². The van der Waals surface area contributed by atoms with Gasteiger partial charge in [-0.1, -0.05) is 0 Å². The molecule has 3 N–H and O–H groups in total. The molecule has 11 nitrogen and oxygen atoms in total. The van der Waals surface area contributed by atoms with Crippen molar-refractivity contribution in [3.63, 3.8) is 0 Å². The van der Waals surface area contributed by atoms with Crippen LogP contribution in [0.25, 0.3) is 0 Å². The molecular formula is C15H16N4O7S. The Morgan fingerprint density at radius 2 is 1.70 bits per heavy atom. The summed E-state index contributed by atoms with van der Waals surface area (Å²) < 4.78 is 25.6. The zero-order chi connectivity index (χ0) is 20.2. The van der Waals surface area contributed by atoms with Crippen LogP contribution in [0.4, 0.5) is 17.1 Å². The Balaban J connectivity index is 2.19. The topological polar surface area (TPSA) is 165 Å². The maximum atomic E-state index is 11.8. The van der Waals surface area contributed by atoms with Crippen LogP contribution in [0.1, 0.15) is 11.7 Å². The molecule has 0 bridgehead atoms. The minimum absolute atomic E-state index is 0.0241. The molecular weight excluding hydrogens is 380 g/mol. The number of rotatable bonds is 8. The third-order valence-corrected chi connectivity index (χ3v) is 5.13. The number of hydrogen-bond acceptors (Lipinski definition) is 8. The maximum Gasteiger partial charge on any atom is 0.293 e. The van der Waals surface area contributed by atoms with E-state index in [9.17, 15) is 33.8 Å². The standard InChI is InChI=1S/C15H16N4O7S/c1-16-27(25,26)12-6-7-13(14(8-12)19(23)24)17-9-15(20)10-2-4-11(5-3-10)18(21)22/h2-8,15-17,20H,9H2,1H3. The number of sulfonamides is 1. The van der Waals surface area contributed by atoms with Crippen molar-refractivity contribution in [1.29, 1.82) is 0 Å². The van der Waals surface area contributed by atoms with Crippen LogP contribution in [0, 0.1) is 20.2 Å². The van der Waals surface area contributed by atoms with E-state index in [0.717, 1.165) is 6.07 Å². The third-order valence-electron chi connectivity index (χ3n) is 3.72. The summed E-state index contributed by atoms with van der Waals surface area (Å²) in [6.45, 7) is -0.128. The first-order valence-corrected chi connectivity index (χ1v) is 9.02. The van der Waals surface area contributed by atoms with Crippen molar-refractivity contribution >= 4 is 27.1 Å². The summed E-state index contributed by atoms with van der Waals surface area (Å²) in [5, 5.41) is 34.7. The molecule has 0 radical (unpaired) electrons. The fourth-order valence-electron chi connectivity index (χ4n) is 2.24. The first-order valence-electron chi connectivity index (χ1n) is 7.54. The Kier molecular flexibility index (Phi) is 6.05. The number of hydrogen-bond donors (Lipinski definition) is 3. The van der Waals surface area contributed by atoms with Crippen molar-refractivity contribution < 1.29 is 23.4 Å². The second-order valence-electron chi connectivity index (χ2n) is 5.39. The number of aliphatic hydroxyl groups excluding tert-OH is 1. The minimum atomic E-state index is -3.84. The van der Waals surface area contributed by atoms with Gasteiger partial charge in [-0.25, -0.2) is 13.1 Å². The van der Waals surface area contributed by atoms with Gasteiger partial charge in [0, 0.05) is 24.7 Å². The van der Waals surface area contributed by atoms with Gasteiger partial charge in [0.15, 0.2) is 0 Å². The van der Waals surface area contributed by atoms with Gasteiger partial charge in [0.2, 0.25) is 10.0 Å². The van der Waals surface area contributed by atoms with Gasteiger partial charge in [0.05, 0.1) is 20.8 Å². The Hall–Kier alpha value is -3.09. The average Bonchev–Trinajstić information content (AvgIpc) is 2.65. The van der Waals surface area contributed by atoms with Gasteiger partial charge in [0.25, 0.3) is 11.4 Å². The summed E-state index contributed by atoms with van der Waals surface area (Å²) in [6.07, 6.45) is -1.09. The Morgan fingerprint density at radius 1 is 1.07 bits per heavy atom. The Bertz CT molecular complexity index is 961. The Morgan fingerprint density at radius 3 is 2.22 bits per heavy atom. The van der Waals surface area contributed by atoms with Crippen LogP contribution in [0.3, 0.4) is 0 Å². The normalized spacial score (nSPS) is 12.4. The highest BCUT2D eigenvalue weighted by atomic mass is 32.2. The molecule has 2 rings (SSSR count). The lowest BCUT2D eigenvalue weighted by Gasteiger charge is -2.14. The van der Waals surface area contributed by atoms with Crippen LogP contribution in [0.5, 0.6) is 0 Å². The number of nitro groups is 2. The fraction of sp³-hybridized carbons (Fsp3) is 0.200. The highest BCUT2D eigenvalue weighted by molar-refractivity contribution is 7.89. The van der Waals surface area contributed by atoms with E-state index in [1.165, 1.54) is 43.4 Å². The molecule has 0 aromatic heterocycles. The van der Waals surface area contributed by atoms with Gasteiger partial charge in [-0.05, 0) is 36.9 Å². The number of anilines is 1. The predicted molar refractivity (Wildman–Crippen MR) is 95.9 cm³/mol. The van der Waals surface area contributed by atoms with Gasteiger partial charge in [-0.15, -0.1) is 0 Å². The van der Waals surface area contributed by atoms with Gasteiger partial charge >= 0.3 is 0 Å². The summed E-state index contributed by atoms with van der Waals surface area (Å²) in [6, 6.07) is 8.55. The molecule has 0 heterocycles. The summed E-state index contributed by atoms with van der Waals surface area (Å²) in [5.41, 5.74) is -0.195. The molecule has 0 aliphatic rings. The van der Waals surface area contributed by atoms with Crippen molar-refractivity contribution in [2.24, 2.45) is 0 Å². The molecule has 1 unspecified atom stereocenters. The minimum Gasteiger partial charge on any atom is -0.387 e. The SMILES string of the molecule is CNS(=O)(=O)c1ccc(NCC(O)c2ccc([N+](=O)[O-])cc2)c([N+](=O)[O-])c1. The molecule has 0 saturated heterocycles. The van der Waals surface area contributed by atoms with Gasteiger partial charge in [0.1, 0.15) is 5.69 Å². The maximum absolute atomic E-state index is 11.8. The summed E-state index contributed by atoms with van der Waals surface area (Å²) >= 11 is 0. The fourth-order valence-corrected chi connectivity index (χ4v) is 2.99. The number of nitrogens with zero attached hydrogens (tertiary/aromatic N) is 2. The van der Waals surface area contributed by atoms with Crippen molar-refractivity contribution in [2.45, 2.75) is 11.0 Å². The second kappa shape index (κ2) is 8.07. The van der Waals surface area contributed by atoms with Crippen LogP contribution in [-0.2, 0) is 10.0 Å². The van der Waals surface area contributed by atoms with E-state index >= 15 is 0 Å². The molecule has 2 aromatic rings. The van der Waals surface area contributed by atoms with Crippen LogP contribution in [0.2, 0.25) is 0 Å². The molecule has 144 valence electrons. The van der Waals surface area contributed by atoms with E-state index < -0.39 is 31.7 Å². The van der Waals surface area contributed by atoms with E-state index in [0.29, 0.717) is 5.56 Å². The van der Waals surface area contributed by atoms with Crippen LogP contribution in [0.15, 0.2) is 47.4 Å². The Labute approximate surface area is 154 Å². The van der Waals surface area contributed by atoms with Crippen LogP contribution in [-0.4, -0.2) is 37.0 Å². The monoisotopic (exact) mass is 396 g/mol. The first kappa shape index (κ1) is 20.2. The number of non-ortho nitro benzene ring substituents is 1. The van der Waals surface area contributed by atoms with Crippen molar-refractivity contribution in [2.75, 3.05) is 18.9 Å². The van der Waals surface area contributed by atoms with E-state index in [2.05, 4.69) is 10.0 Å². The number of aliphatic hydroxyl groups is 1. The summed E-state index contributed by atoms with van der Waals surface area (Å²) in [5.74, 6) is 0. The smallest absolute Gasteiger partial charge is 0.293 e. The highest BCUT2D eigenvalue weighted by Crippen LogP contribution is 2.28. The third kappa shape index (κ3) is 4.75. The van der Waals surface area contributed by atoms with Gasteiger partial charge in [-0.3, -0.25) is 20.2 Å².